The standard InChI is InChI=1S/C19H18ClN3OS/c20-13-8-9-16-17(10-13)23-19(22-16)25-11-18(24)21-15-7-3-5-12-4-1-2-6-14(12)15/h1-2,4,6,8-10,15H,3,5,7,11H2,(H,21,24)(H,22,23)/t15-/m1/s1. The quantitative estimate of drug-likeness (QED) is 0.664. The van der Waals surface area contributed by atoms with E-state index in [0.717, 1.165) is 35.5 Å². The first-order valence-electron chi connectivity index (χ1n) is 8.34. The van der Waals surface area contributed by atoms with Gasteiger partial charge in [-0.25, -0.2) is 4.98 Å². The molecule has 2 N–H and O–H groups in total. The van der Waals surface area contributed by atoms with Crippen LogP contribution in [0.25, 0.3) is 11.0 Å². The number of carbonyl (C=O) groups is 1. The molecule has 4 rings (SSSR count). The van der Waals surface area contributed by atoms with Gasteiger partial charge >= 0.3 is 0 Å². The number of benzene rings is 2. The van der Waals surface area contributed by atoms with Crippen LogP contribution in [0.2, 0.25) is 5.02 Å². The highest BCUT2D eigenvalue weighted by molar-refractivity contribution is 7.99. The fraction of sp³-hybridized carbons (Fsp3) is 0.263. The molecular formula is C19H18ClN3OS. The molecule has 0 spiro atoms. The van der Waals surface area contributed by atoms with Gasteiger partial charge in [-0.3, -0.25) is 4.79 Å². The summed E-state index contributed by atoms with van der Waals surface area (Å²) in [5, 5.41) is 4.57. The number of amides is 1. The van der Waals surface area contributed by atoms with Gasteiger partial charge in [-0.1, -0.05) is 47.6 Å². The topological polar surface area (TPSA) is 57.8 Å². The Kier molecular flexibility index (Phi) is 4.68. The van der Waals surface area contributed by atoms with Crippen molar-refractivity contribution in [2.75, 3.05) is 5.75 Å². The number of nitrogens with one attached hydrogen (secondary N) is 2. The maximum absolute atomic E-state index is 12.4. The van der Waals surface area contributed by atoms with Crippen LogP contribution in [-0.2, 0) is 11.2 Å². The molecule has 0 saturated carbocycles. The van der Waals surface area contributed by atoms with E-state index in [-0.39, 0.29) is 11.9 Å². The molecule has 1 amide bonds. The van der Waals surface area contributed by atoms with Crippen LogP contribution in [0, 0.1) is 0 Å². The highest BCUT2D eigenvalue weighted by Crippen LogP contribution is 2.29. The van der Waals surface area contributed by atoms with Crippen molar-refractivity contribution < 1.29 is 4.79 Å². The number of fused-ring (bicyclic) bond motifs is 2. The Morgan fingerprint density at radius 2 is 2.20 bits per heavy atom. The van der Waals surface area contributed by atoms with E-state index >= 15 is 0 Å². The summed E-state index contributed by atoms with van der Waals surface area (Å²) < 4.78 is 0. The highest BCUT2D eigenvalue weighted by Gasteiger charge is 2.21. The molecule has 2 aromatic carbocycles. The SMILES string of the molecule is O=C(CSc1nc2ccc(Cl)cc2[nH]1)N[C@@H]1CCCc2ccccc21. The summed E-state index contributed by atoms with van der Waals surface area (Å²) in [6.45, 7) is 0. The number of halogens is 1. The first kappa shape index (κ1) is 16.5. The molecule has 1 aromatic heterocycles. The maximum atomic E-state index is 12.4. The molecule has 1 aliphatic carbocycles. The van der Waals surface area contributed by atoms with Crippen molar-refractivity contribution in [3.05, 3.63) is 58.6 Å². The number of hydrogen-bond donors (Lipinski definition) is 2. The Morgan fingerprint density at radius 1 is 1.32 bits per heavy atom. The molecule has 25 heavy (non-hydrogen) atoms. The summed E-state index contributed by atoms with van der Waals surface area (Å²) in [5.74, 6) is 0.372. The average Bonchev–Trinajstić information content (AvgIpc) is 3.02. The zero-order chi connectivity index (χ0) is 17.2. The van der Waals surface area contributed by atoms with Crippen molar-refractivity contribution >= 4 is 40.3 Å². The van der Waals surface area contributed by atoms with Gasteiger partial charge in [0, 0.05) is 5.02 Å². The van der Waals surface area contributed by atoms with Crippen LogP contribution in [-0.4, -0.2) is 21.6 Å². The number of thioether (sulfide) groups is 1. The molecule has 128 valence electrons. The fourth-order valence-corrected chi connectivity index (χ4v) is 4.17. The van der Waals surface area contributed by atoms with Gasteiger partial charge < -0.3 is 10.3 Å². The predicted molar refractivity (Wildman–Crippen MR) is 102 cm³/mol. The molecule has 0 fully saturated rings. The van der Waals surface area contributed by atoms with Crippen LogP contribution in [0.5, 0.6) is 0 Å². The van der Waals surface area contributed by atoms with E-state index in [9.17, 15) is 4.79 Å². The van der Waals surface area contributed by atoms with Gasteiger partial charge in [-0.05, 0) is 48.6 Å². The van der Waals surface area contributed by atoms with E-state index in [1.54, 1.807) is 0 Å². The van der Waals surface area contributed by atoms with E-state index < -0.39 is 0 Å². The predicted octanol–water partition coefficient (Wildman–Crippen LogP) is 4.50. The molecule has 4 nitrogen and oxygen atoms in total. The lowest BCUT2D eigenvalue weighted by atomic mass is 9.88. The molecule has 0 aliphatic heterocycles. The van der Waals surface area contributed by atoms with Crippen molar-refractivity contribution in [3.8, 4) is 0 Å². The molecule has 1 aliphatic rings. The van der Waals surface area contributed by atoms with Crippen molar-refractivity contribution in [3.63, 3.8) is 0 Å². The Bertz CT molecular complexity index is 924. The van der Waals surface area contributed by atoms with E-state index in [1.165, 1.54) is 22.9 Å². The van der Waals surface area contributed by atoms with Crippen LogP contribution < -0.4 is 5.32 Å². The van der Waals surface area contributed by atoms with Gasteiger partial charge in [-0.2, -0.15) is 0 Å². The molecule has 0 unspecified atom stereocenters. The van der Waals surface area contributed by atoms with Crippen LogP contribution >= 0.6 is 23.4 Å². The van der Waals surface area contributed by atoms with Gasteiger partial charge in [0.15, 0.2) is 5.16 Å². The number of imidazole rings is 1. The van der Waals surface area contributed by atoms with Gasteiger partial charge in [0.1, 0.15) is 0 Å². The summed E-state index contributed by atoms with van der Waals surface area (Å²) in [6, 6.07) is 14.0. The number of H-pyrrole nitrogens is 1. The molecule has 0 bridgehead atoms. The van der Waals surface area contributed by atoms with E-state index in [4.69, 9.17) is 11.6 Å². The van der Waals surface area contributed by atoms with Crippen molar-refractivity contribution in [2.24, 2.45) is 0 Å². The highest BCUT2D eigenvalue weighted by atomic mass is 35.5. The van der Waals surface area contributed by atoms with Gasteiger partial charge in [-0.15, -0.1) is 0 Å². The van der Waals surface area contributed by atoms with Crippen LogP contribution in [0.4, 0.5) is 0 Å². The molecule has 6 heteroatoms. The van der Waals surface area contributed by atoms with Crippen LogP contribution in [0.3, 0.4) is 0 Å². The number of hydrogen-bond acceptors (Lipinski definition) is 3. The first-order chi connectivity index (χ1) is 12.2. The normalized spacial score (nSPS) is 16.6. The molecule has 1 heterocycles. The lowest BCUT2D eigenvalue weighted by Crippen LogP contribution is -2.32. The Labute approximate surface area is 155 Å². The third-order valence-corrected chi connectivity index (χ3v) is 5.58. The summed E-state index contributed by atoms with van der Waals surface area (Å²) >= 11 is 7.39. The van der Waals surface area contributed by atoms with Gasteiger partial charge in [0.05, 0.1) is 22.8 Å². The molecule has 1 atom stereocenters. The Balaban J connectivity index is 1.39. The summed E-state index contributed by atoms with van der Waals surface area (Å²) in [5.41, 5.74) is 4.34. The second kappa shape index (κ2) is 7.10. The van der Waals surface area contributed by atoms with E-state index in [0.29, 0.717) is 10.8 Å². The second-order valence-corrected chi connectivity index (χ2v) is 7.60. The zero-order valence-corrected chi connectivity index (χ0v) is 15.2. The van der Waals surface area contributed by atoms with Crippen molar-refractivity contribution in [1.82, 2.24) is 15.3 Å². The fourth-order valence-electron chi connectivity index (χ4n) is 3.30. The minimum Gasteiger partial charge on any atom is -0.349 e. The number of aromatic nitrogens is 2. The first-order valence-corrected chi connectivity index (χ1v) is 9.70. The number of carbonyl (C=O) groups excluding carboxylic acids is 1. The summed E-state index contributed by atoms with van der Waals surface area (Å²) in [4.78, 5) is 20.0. The monoisotopic (exact) mass is 371 g/mol. The van der Waals surface area contributed by atoms with Crippen molar-refractivity contribution in [2.45, 2.75) is 30.5 Å². The second-order valence-electron chi connectivity index (χ2n) is 6.20. The largest absolute Gasteiger partial charge is 0.349 e. The van der Waals surface area contributed by atoms with Crippen LogP contribution in [0.15, 0.2) is 47.6 Å². The number of aromatic amines is 1. The lowest BCUT2D eigenvalue weighted by molar-refractivity contribution is -0.119. The molecule has 0 saturated heterocycles. The zero-order valence-electron chi connectivity index (χ0n) is 13.6. The van der Waals surface area contributed by atoms with Gasteiger partial charge in [0.25, 0.3) is 0 Å². The molecule has 3 aromatic rings. The number of rotatable bonds is 4. The molecular weight excluding hydrogens is 354 g/mol. The molecule has 0 radical (unpaired) electrons. The third-order valence-electron chi connectivity index (χ3n) is 4.47. The average molecular weight is 372 g/mol. The Morgan fingerprint density at radius 3 is 3.12 bits per heavy atom. The maximum Gasteiger partial charge on any atom is 0.230 e. The third kappa shape index (κ3) is 3.67. The summed E-state index contributed by atoms with van der Waals surface area (Å²) in [6.07, 6.45) is 3.20. The number of aryl methyl sites for hydroxylation is 1. The van der Waals surface area contributed by atoms with E-state index in [2.05, 4.69) is 33.5 Å². The minimum atomic E-state index is 0.0326. The smallest absolute Gasteiger partial charge is 0.230 e. The minimum absolute atomic E-state index is 0.0326. The Hall–Kier alpha value is -1.98. The van der Waals surface area contributed by atoms with E-state index in [1.807, 2.05) is 24.3 Å². The van der Waals surface area contributed by atoms with Crippen molar-refractivity contribution in [1.29, 1.82) is 0 Å². The number of nitrogens with zero attached hydrogens (tertiary/aromatic N) is 1. The van der Waals surface area contributed by atoms with Crippen LogP contribution in [0.1, 0.15) is 30.0 Å². The summed E-state index contributed by atoms with van der Waals surface area (Å²) in [7, 11) is 0. The lowest BCUT2D eigenvalue weighted by Gasteiger charge is -2.26. The van der Waals surface area contributed by atoms with Gasteiger partial charge in [0.2, 0.25) is 5.91 Å².